The number of benzene rings is 1. The summed E-state index contributed by atoms with van der Waals surface area (Å²) in [5.41, 5.74) is 3.13. The first kappa shape index (κ1) is 10.7. The van der Waals surface area contributed by atoms with Gasteiger partial charge in [0.05, 0.1) is 5.69 Å². The van der Waals surface area contributed by atoms with Gasteiger partial charge in [-0.25, -0.2) is 0 Å². The Morgan fingerprint density at radius 1 is 1.00 bits per heavy atom. The van der Waals surface area contributed by atoms with Gasteiger partial charge in [-0.05, 0) is 31.5 Å². The normalized spacial score (nSPS) is 10.1. The molecular weight excluding hydrogens is 198 g/mol. The summed E-state index contributed by atoms with van der Waals surface area (Å²) in [7, 11) is 0. The van der Waals surface area contributed by atoms with Gasteiger partial charge in [0.2, 0.25) is 0 Å². The van der Waals surface area contributed by atoms with E-state index in [9.17, 15) is 0 Å². The Morgan fingerprint density at radius 2 is 1.75 bits per heavy atom. The monoisotopic (exact) mass is 213 g/mol. The fourth-order valence-corrected chi connectivity index (χ4v) is 1.56. The van der Waals surface area contributed by atoms with Crippen LogP contribution in [0.1, 0.15) is 17.0 Å². The number of rotatable bonds is 3. The highest BCUT2D eigenvalue weighted by Gasteiger charge is 2.01. The summed E-state index contributed by atoms with van der Waals surface area (Å²) in [6, 6.07) is 14.1. The smallest absolute Gasteiger partial charge is 0.141 e. The lowest BCUT2D eigenvalue weighted by Crippen LogP contribution is -1.98. The molecule has 0 saturated heterocycles. The first-order valence-electron chi connectivity index (χ1n) is 5.36. The molecule has 2 rings (SSSR count). The van der Waals surface area contributed by atoms with Crippen molar-refractivity contribution in [2.24, 2.45) is 0 Å². The minimum Gasteiger partial charge on any atom is -0.487 e. The molecule has 16 heavy (non-hydrogen) atoms. The molecule has 0 bridgehead atoms. The molecule has 0 aliphatic heterocycles. The van der Waals surface area contributed by atoms with Gasteiger partial charge in [-0.2, -0.15) is 0 Å². The van der Waals surface area contributed by atoms with Gasteiger partial charge in [-0.3, -0.25) is 4.98 Å². The van der Waals surface area contributed by atoms with E-state index in [0.29, 0.717) is 6.61 Å². The number of hydrogen-bond donors (Lipinski definition) is 0. The zero-order valence-electron chi connectivity index (χ0n) is 9.60. The molecule has 0 saturated carbocycles. The van der Waals surface area contributed by atoms with Gasteiger partial charge >= 0.3 is 0 Å². The number of aromatic nitrogens is 1. The number of aryl methyl sites for hydroxylation is 2. The van der Waals surface area contributed by atoms with Gasteiger partial charge in [-0.1, -0.05) is 30.3 Å². The van der Waals surface area contributed by atoms with Gasteiger partial charge in [0, 0.05) is 5.69 Å². The van der Waals surface area contributed by atoms with Crippen LogP contribution in [0.4, 0.5) is 0 Å². The highest BCUT2D eigenvalue weighted by molar-refractivity contribution is 5.28. The predicted molar refractivity (Wildman–Crippen MR) is 64.5 cm³/mol. The average molecular weight is 213 g/mol. The average Bonchev–Trinajstić information content (AvgIpc) is 2.29. The summed E-state index contributed by atoms with van der Waals surface area (Å²) < 4.78 is 5.72. The molecule has 1 aromatic heterocycles. The van der Waals surface area contributed by atoms with E-state index in [1.807, 2.05) is 44.2 Å². The summed E-state index contributed by atoms with van der Waals surface area (Å²) >= 11 is 0. The lowest BCUT2D eigenvalue weighted by molar-refractivity contribution is 0.302. The third-order valence-corrected chi connectivity index (χ3v) is 2.41. The van der Waals surface area contributed by atoms with E-state index in [-0.39, 0.29) is 0 Å². The standard InChI is InChI=1S/C14H15NO/c1-11-8-9-14(12(2)15-11)16-10-13-6-4-3-5-7-13/h3-9H,10H2,1-2H3. The molecule has 0 radical (unpaired) electrons. The molecule has 82 valence electrons. The van der Waals surface area contributed by atoms with Crippen molar-refractivity contribution in [3.05, 3.63) is 59.4 Å². The van der Waals surface area contributed by atoms with Gasteiger partial charge < -0.3 is 4.74 Å². The van der Waals surface area contributed by atoms with Gasteiger partial charge in [0.15, 0.2) is 0 Å². The van der Waals surface area contributed by atoms with Crippen LogP contribution in [-0.2, 0) is 6.61 Å². The number of ether oxygens (including phenoxy) is 1. The summed E-state index contributed by atoms with van der Waals surface area (Å²) in [5, 5.41) is 0. The maximum Gasteiger partial charge on any atom is 0.141 e. The van der Waals surface area contributed by atoms with E-state index in [1.165, 1.54) is 5.56 Å². The third-order valence-electron chi connectivity index (χ3n) is 2.41. The molecule has 0 aliphatic carbocycles. The van der Waals surface area contributed by atoms with Crippen LogP contribution in [0.25, 0.3) is 0 Å². The van der Waals surface area contributed by atoms with Crippen LogP contribution < -0.4 is 4.74 Å². The van der Waals surface area contributed by atoms with Crippen molar-refractivity contribution >= 4 is 0 Å². The largest absolute Gasteiger partial charge is 0.487 e. The maximum absolute atomic E-state index is 5.72. The first-order valence-corrected chi connectivity index (χ1v) is 5.36. The van der Waals surface area contributed by atoms with Gasteiger partial charge in [-0.15, -0.1) is 0 Å². The molecule has 0 aliphatic rings. The van der Waals surface area contributed by atoms with Crippen LogP contribution in [0.2, 0.25) is 0 Å². The van der Waals surface area contributed by atoms with Crippen LogP contribution in [0.3, 0.4) is 0 Å². The van der Waals surface area contributed by atoms with Crippen LogP contribution >= 0.6 is 0 Å². The zero-order valence-corrected chi connectivity index (χ0v) is 9.60. The maximum atomic E-state index is 5.72. The van der Waals surface area contributed by atoms with Crippen molar-refractivity contribution in [2.45, 2.75) is 20.5 Å². The summed E-state index contributed by atoms with van der Waals surface area (Å²) in [6.45, 7) is 4.54. The topological polar surface area (TPSA) is 22.1 Å². The van der Waals surface area contributed by atoms with Gasteiger partial charge in [0.25, 0.3) is 0 Å². The lowest BCUT2D eigenvalue weighted by Gasteiger charge is -2.08. The summed E-state index contributed by atoms with van der Waals surface area (Å²) in [5.74, 6) is 0.856. The molecule has 2 nitrogen and oxygen atoms in total. The highest BCUT2D eigenvalue weighted by atomic mass is 16.5. The quantitative estimate of drug-likeness (QED) is 0.780. The van der Waals surface area contributed by atoms with E-state index in [0.717, 1.165) is 17.1 Å². The van der Waals surface area contributed by atoms with Crippen molar-refractivity contribution in [1.29, 1.82) is 0 Å². The second kappa shape index (κ2) is 4.79. The van der Waals surface area contributed by atoms with Crippen molar-refractivity contribution in [3.63, 3.8) is 0 Å². The molecule has 1 heterocycles. The Labute approximate surface area is 95.9 Å². The molecule has 1 aromatic carbocycles. The molecule has 2 aromatic rings. The highest BCUT2D eigenvalue weighted by Crippen LogP contribution is 2.17. The second-order valence-corrected chi connectivity index (χ2v) is 3.81. The molecule has 0 atom stereocenters. The van der Waals surface area contributed by atoms with E-state index in [1.54, 1.807) is 0 Å². The molecular formula is C14H15NO. The van der Waals surface area contributed by atoms with E-state index in [2.05, 4.69) is 17.1 Å². The number of pyridine rings is 1. The van der Waals surface area contributed by atoms with Crippen molar-refractivity contribution < 1.29 is 4.74 Å². The van der Waals surface area contributed by atoms with Crippen molar-refractivity contribution in [3.8, 4) is 5.75 Å². The fraction of sp³-hybridized carbons (Fsp3) is 0.214. The van der Waals surface area contributed by atoms with E-state index < -0.39 is 0 Å². The minimum atomic E-state index is 0.590. The predicted octanol–water partition coefficient (Wildman–Crippen LogP) is 3.28. The van der Waals surface area contributed by atoms with E-state index >= 15 is 0 Å². The summed E-state index contributed by atoms with van der Waals surface area (Å²) in [6.07, 6.45) is 0. The Bertz CT molecular complexity index is 465. The van der Waals surface area contributed by atoms with Crippen molar-refractivity contribution in [1.82, 2.24) is 4.98 Å². The molecule has 0 fully saturated rings. The van der Waals surface area contributed by atoms with Crippen molar-refractivity contribution in [2.75, 3.05) is 0 Å². The Hall–Kier alpha value is -1.83. The molecule has 0 N–H and O–H groups in total. The number of hydrogen-bond acceptors (Lipinski definition) is 2. The van der Waals surface area contributed by atoms with Crippen LogP contribution in [0.5, 0.6) is 5.75 Å². The molecule has 0 spiro atoms. The molecule has 2 heteroatoms. The number of nitrogens with zero attached hydrogens (tertiary/aromatic N) is 1. The van der Waals surface area contributed by atoms with Crippen LogP contribution in [0, 0.1) is 13.8 Å². The van der Waals surface area contributed by atoms with E-state index in [4.69, 9.17) is 4.74 Å². The Kier molecular flexibility index (Phi) is 3.20. The second-order valence-electron chi connectivity index (χ2n) is 3.81. The first-order chi connectivity index (χ1) is 7.75. The van der Waals surface area contributed by atoms with Gasteiger partial charge in [0.1, 0.15) is 12.4 Å². The Balaban J connectivity index is 2.05. The SMILES string of the molecule is Cc1ccc(OCc2ccccc2)c(C)n1. The third kappa shape index (κ3) is 2.60. The lowest BCUT2D eigenvalue weighted by atomic mass is 10.2. The Morgan fingerprint density at radius 3 is 2.44 bits per heavy atom. The zero-order chi connectivity index (χ0) is 11.4. The summed E-state index contributed by atoms with van der Waals surface area (Å²) in [4.78, 5) is 4.36. The fourth-order valence-electron chi connectivity index (χ4n) is 1.56. The van der Waals surface area contributed by atoms with Crippen LogP contribution in [0.15, 0.2) is 42.5 Å². The molecule has 0 amide bonds. The van der Waals surface area contributed by atoms with Crippen LogP contribution in [-0.4, -0.2) is 4.98 Å². The minimum absolute atomic E-state index is 0.590. The molecule has 0 unspecified atom stereocenters.